The fourth-order valence-corrected chi connectivity index (χ4v) is 6.95. The van der Waals surface area contributed by atoms with Gasteiger partial charge in [-0.15, -0.1) is 0 Å². The summed E-state index contributed by atoms with van der Waals surface area (Å²) in [7, 11) is 3.63. The van der Waals surface area contributed by atoms with Crippen molar-refractivity contribution in [3.8, 4) is 5.75 Å². The molecular formula is C33H32N4O3S. The minimum absolute atomic E-state index is 0.125. The molecule has 0 spiro atoms. The van der Waals surface area contributed by atoms with Crippen LogP contribution < -0.4 is 19.6 Å². The second-order valence-electron chi connectivity index (χ2n) is 10.2. The number of carbonyl (C=O) groups is 1. The lowest BCUT2D eigenvalue weighted by Crippen LogP contribution is -2.43. The van der Waals surface area contributed by atoms with Gasteiger partial charge < -0.3 is 14.2 Å². The van der Waals surface area contributed by atoms with E-state index in [-0.39, 0.29) is 11.5 Å². The normalized spacial score (nSPS) is 15.3. The molecule has 0 radical (unpaired) electrons. The van der Waals surface area contributed by atoms with Crippen LogP contribution in [0.2, 0.25) is 0 Å². The predicted molar refractivity (Wildman–Crippen MR) is 165 cm³/mol. The van der Waals surface area contributed by atoms with Gasteiger partial charge in [-0.3, -0.25) is 14.2 Å². The zero-order valence-electron chi connectivity index (χ0n) is 23.8. The molecule has 0 fully saturated rings. The van der Waals surface area contributed by atoms with Crippen molar-refractivity contribution in [2.24, 2.45) is 12.0 Å². The number of fused-ring (bicyclic) bond motifs is 3. The maximum atomic E-state index is 14.4. The molecule has 0 saturated carbocycles. The first-order valence-corrected chi connectivity index (χ1v) is 14.6. The molecule has 3 heterocycles. The Morgan fingerprint density at radius 3 is 2.49 bits per heavy atom. The van der Waals surface area contributed by atoms with Crippen molar-refractivity contribution < 1.29 is 9.53 Å². The number of likely N-dealkylation sites (N-methyl/N-ethyl adjacent to an activating group) is 1. The molecule has 5 aromatic rings. The zero-order chi connectivity index (χ0) is 28.8. The summed E-state index contributed by atoms with van der Waals surface area (Å²) in [6.07, 6.45) is 3.98. The number of aromatic nitrogens is 2. The molecule has 1 aliphatic rings. The largest absolute Gasteiger partial charge is 0.496 e. The minimum Gasteiger partial charge on any atom is -0.496 e. The number of rotatable bonds is 6. The summed E-state index contributed by atoms with van der Waals surface area (Å²) < 4.78 is 10.2. The van der Waals surface area contributed by atoms with Gasteiger partial charge in [-0.25, -0.2) is 4.99 Å². The van der Waals surface area contributed by atoms with E-state index in [1.54, 1.807) is 16.6 Å². The molecule has 208 valence electrons. The highest BCUT2D eigenvalue weighted by Gasteiger charge is 2.36. The fourth-order valence-electron chi connectivity index (χ4n) is 5.91. The van der Waals surface area contributed by atoms with Crippen molar-refractivity contribution in [2.45, 2.75) is 26.8 Å². The standard InChI is InChI=1S/C33H32N4O3S/c1-6-36(7-2)32(39)28-20(3)34-33-37(30(28)29-24-14-9-8-12-21(24)16-17-26(29)40-5)31(38)27(41-33)18-22-19-35(4)25-15-11-10-13-23(22)25/h8-19,30H,6-7H2,1-5H3/b27-18+/t30-/m0/s1. The van der Waals surface area contributed by atoms with Gasteiger partial charge in [0.2, 0.25) is 0 Å². The summed E-state index contributed by atoms with van der Waals surface area (Å²) in [5.74, 6) is 0.497. The Morgan fingerprint density at radius 2 is 1.76 bits per heavy atom. The van der Waals surface area contributed by atoms with E-state index in [1.165, 1.54) is 11.3 Å². The molecule has 7 nitrogen and oxygen atoms in total. The number of thiazole rings is 1. The van der Waals surface area contributed by atoms with Crippen molar-refractivity contribution in [1.29, 1.82) is 0 Å². The van der Waals surface area contributed by atoms with Gasteiger partial charge >= 0.3 is 0 Å². The van der Waals surface area contributed by atoms with E-state index in [0.29, 0.717) is 39.4 Å². The van der Waals surface area contributed by atoms with E-state index in [9.17, 15) is 9.59 Å². The van der Waals surface area contributed by atoms with Crippen LogP contribution in [0, 0.1) is 0 Å². The van der Waals surface area contributed by atoms with Gasteiger partial charge in [0.05, 0.1) is 22.9 Å². The van der Waals surface area contributed by atoms with Crippen LogP contribution in [-0.4, -0.2) is 40.1 Å². The van der Waals surface area contributed by atoms with Gasteiger partial charge in [0.25, 0.3) is 11.5 Å². The van der Waals surface area contributed by atoms with Crippen molar-refractivity contribution in [3.05, 3.63) is 109 Å². The van der Waals surface area contributed by atoms with E-state index in [4.69, 9.17) is 9.73 Å². The van der Waals surface area contributed by atoms with Crippen LogP contribution in [0.3, 0.4) is 0 Å². The lowest BCUT2D eigenvalue weighted by molar-refractivity contribution is -0.127. The number of allylic oxidation sites excluding steroid dienone is 1. The van der Waals surface area contributed by atoms with Crippen LogP contribution >= 0.6 is 11.3 Å². The third kappa shape index (κ3) is 4.30. The highest BCUT2D eigenvalue weighted by atomic mass is 32.1. The molecule has 6 rings (SSSR count). The Balaban J connectivity index is 1.68. The van der Waals surface area contributed by atoms with Crippen molar-refractivity contribution in [1.82, 2.24) is 14.0 Å². The van der Waals surface area contributed by atoms with Gasteiger partial charge in [0.1, 0.15) is 11.8 Å². The molecule has 1 aliphatic heterocycles. The summed E-state index contributed by atoms with van der Waals surface area (Å²) in [5, 5.41) is 3.01. The maximum absolute atomic E-state index is 14.4. The number of carbonyl (C=O) groups excluding carboxylic acids is 1. The molecule has 0 bridgehead atoms. The average Bonchev–Trinajstić information content (AvgIpc) is 3.47. The molecule has 8 heteroatoms. The number of ether oxygens (including phenoxy) is 1. The van der Waals surface area contributed by atoms with E-state index < -0.39 is 6.04 Å². The Hall–Kier alpha value is -4.43. The topological polar surface area (TPSA) is 68.8 Å². The second-order valence-corrected chi connectivity index (χ2v) is 11.2. The minimum atomic E-state index is -0.699. The van der Waals surface area contributed by atoms with Crippen LogP contribution in [0.25, 0.3) is 27.8 Å². The van der Waals surface area contributed by atoms with Gasteiger partial charge in [0.15, 0.2) is 4.80 Å². The van der Waals surface area contributed by atoms with Gasteiger partial charge in [-0.1, -0.05) is 59.9 Å². The molecule has 3 aromatic carbocycles. The number of hydrogen-bond acceptors (Lipinski definition) is 5. The van der Waals surface area contributed by atoms with Crippen LogP contribution in [0.5, 0.6) is 5.75 Å². The molecule has 0 N–H and O–H groups in total. The lowest BCUT2D eigenvalue weighted by Gasteiger charge is -2.30. The molecule has 0 aliphatic carbocycles. The summed E-state index contributed by atoms with van der Waals surface area (Å²) in [5.41, 5.74) is 3.76. The third-order valence-electron chi connectivity index (χ3n) is 7.94. The molecule has 1 atom stereocenters. The van der Waals surface area contributed by atoms with Crippen molar-refractivity contribution in [2.75, 3.05) is 20.2 Å². The number of benzene rings is 3. The number of methoxy groups -OCH3 is 1. The Kier molecular flexibility index (Phi) is 6.87. The lowest BCUT2D eigenvalue weighted by atomic mass is 9.90. The zero-order valence-corrected chi connectivity index (χ0v) is 24.7. The summed E-state index contributed by atoms with van der Waals surface area (Å²) in [6.45, 7) is 6.89. The number of hydrogen-bond donors (Lipinski definition) is 0. The Morgan fingerprint density at radius 1 is 1.05 bits per heavy atom. The Labute approximate surface area is 241 Å². The number of nitrogens with zero attached hydrogens (tertiary/aromatic N) is 4. The van der Waals surface area contributed by atoms with Gasteiger partial charge in [-0.05, 0) is 49.8 Å². The number of para-hydroxylation sites is 1. The molecule has 0 saturated heterocycles. The van der Waals surface area contributed by atoms with Crippen LogP contribution in [0.4, 0.5) is 0 Å². The van der Waals surface area contributed by atoms with Crippen molar-refractivity contribution >= 4 is 45.0 Å². The first-order valence-electron chi connectivity index (χ1n) is 13.8. The highest BCUT2D eigenvalue weighted by molar-refractivity contribution is 7.07. The maximum Gasteiger partial charge on any atom is 0.271 e. The van der Waals surface area contributed by atoms with Gasteiger partial charge in [-0.2, -0.15) is 0 Å². The summed E-state index contributed by atoms with van der Waals surface area (Å²) in [4.78, 5) is 35.7. The third-order valence-corrected chi connectivity index (χ3v) is 8.92. The molecular weight excluding hydrogens is 532 g/mol. The number of amides is 1. The number of aryl methyl sites for hydroxylation is 1. The first kappa shape index (κ1) is 26.8. The predicted octanol–water partition coefficient (Wildman–Crippen LogP) is 4.76. The first-order chi connectivity index (χ1) is 19.9. The molecule has 1 amide bonds. The van der Waals surface area contributed by atoms with E-state index in [1.807, 2.05) is 88.6 Å². The second kappa shape index (κ2) is 10.5. The monoisotopic (exact) mass is 564 g/mol. The smallest absolute Gasteiger partial charge is 0.271 e. The molecule has 41 heavy (non-hydrogen) atoms. The Bertz CT molecular complexity index is 2040. The SMILES string of the molecule is CCN(CC)C(=O)C1=C(C)N=c2s/c(=C/c3cn(C)c4ccccc34)c(=O)n2[C@@H]1c1c(OC)ccc2ccccc12. The van der Waals surface area contributed by atoms with Gasteiger partial charge in [0, 0.05) is 48.4 Å². The van der Waals surface area contributed by atoms with E-state index in [2.05, 4.69) is 16.7 Å². The summed E-state index contributed by atoms with van der Waals surface area (Å²) >= 11 is 1.35. The van der Waals surface area contributed by atoms with Crippen LogP contribution in [-0.2, 0) is 11.8 Å². The molecule has 0 unspecified atom stereocenters. The molecule has 2 aromatic heterocycles. The fraction of sp³-hybridized carbons (Fsp3) is 0.242. The average molecular weight is 565 g/mol. The summed E-state index contributed by atoms with van der Waals surface area (Å²) in [6, 6.07) is 19.4. The van der Waals surface area contributed by atoms with Crippen LogP contribution in [0.1, 0.15) is 37.9 Å². The van der Waals surface area contributed by atoms with E-state index >= 15 is 0 Å². The van der Waals surface area contributed by atoms with Crippen LogP contribution in [0.15, 0.2) is 87.9 Å². The van der Waals surface area contributed by atoms with E-state index in [0.717, 1.165) is 32.8 Å². The highest BCUT2D eigenvalue weighted by Crippen LogP contribution is 2.40. The van der Waals surface area contributed by atoms with Crippen molar-refractivity contribution in [3.63, 3.8) is 0 Å². The quantitative estimate of drug-likeness (QED) is 0.299.